The summed E-state index contributed by atoms with van der Waals surface area (Å²) in [5.41, 5.74) is 4.06. The summed E-state index contributed by atoms with van der Waals surface area (Å²) in [5, 5.41) is 20.9. The lowest BCUT2D eigenvalue weighted by molar-refractivity contribution is 0.499. The van der Waals surface area contributed by atoms with Crippen molar-refractivity contribution in [3.05, 3.63) is 52.8 Å². The number of tetrazole rings is 1. The van der Waals surface area contributed by atoms with E-state index in [1.54, 1.807) is 4.68 Å². The van der Waals surface area contributed by atoms with Crippen LogP contribution in [0.2, 0.25) is 0 Å². The summed E-state index contributed by atoms with van der Waals surface area (Å²) < 4.78 is 13.0. The summed E-state index contributed by atoms with van der Waals surface area (Å²) in [6.07, 6.45) is 0. The van der Waals surface area contributed by atoms with Crippen LogP contribution in [0.15, 0.2) is 38.3 Å². The average molecular weight is 382 g/mol. The number of furan rings is 1. The lowest BCUT2D eigenvalue weighted by Gasteiger charge is -2.06. The zero-order valence-electron chi connectivity index (χ0n) is 15.4. The van der Waals surface area contributed by atoms with Crippen LogP contribution in [0, 0.1) is 27.7 Å². The summed E-state index contributed by atoms with van der Waals surface area (Å²) in [7, 11) is 0. The van der Waals surface area contributed by atoms with Gasteiger partial charge in [-0.25, -0.2) is 0 Å². The van der Waals surface area contributed by atoms with Crippen molar-refractivity contribution in [2.24, 2.45) is 0 Å². The number of nitrogens with zero attached hydrogens (tertiary/aromatic N) is 6. The number of aryl methyl sites for hydroxylation is 4. The number of hydrogen-bond acceptors (Lipinski definition) is 8. The van der Waals surface area contributed by atoms with Crippen LogP contribution < -0.4 is 0 Å². The van der Waals surface area contributed by atoms with Gasteiger partial charge in [-0.1, -0.05) is 17.8 Å². The highest BCUT2D eigenvalue weighted by molar-refractivity contribution is 7.98. The quantitative estimate of drug-likeness (QED) is 0.481. The molecule has 0 saturated heterocycles. The third kappa shape index (κ3) is 3.63. The standard InChI is InChI=1S/C18H18N6O2S/c1-10-5-11(2)7-14(6-10)24-18(21-22-23-24)27-9-16-19-20-17(26-16)15-8-12(3)25-13(15)4/h5-8H,9H2,1-4H3. The van der Waals surface area contributed by atoms with Gasteiger partial charge in [-0.05, 0) is 67.4 Å². The van der Waals surface area contributed by atoms with Gasteiger partial charge in [0, 0.05) is 0 Å². The number of aromatic nitrogens is 6. The first-order chi connectivity index (χ1) is 13.0. The van der Waals surface area contributed by atoms with Gasteiger partial charge < -0.3 is 8.83 Å². The summed E-state index contributed by atoms with van der Waals surface area (Å²) in [4.78, 5) is 0. The molecule has 0 spiro atoms. The van der Waals surface area contributed by atoms with Crippen LogP contribution in [0.25, 0.3) is 17.1 Å². The molecule has 0 saturated carbocycles. The molecule has 27 heavy (non-hydrogen) atoms. The Morgan fingerprint density at radius 3 is 2.41 bits per heavy atom. The van der Waals surface area contributed by atoms with Crippen molar-refractivity contribution in [3.63, 3.8) is 0 Å². The molecule has 0 aliphatic carbocycles. The molecule has 138 valence electrons. The topological polar surface area (TPSA) is 95.7 Å². The first kappa shape index (κ1) is 17.5. The van der Waals surface area contributed by atoms with E-state index in [0.29, 0.717) is 22.7 Å². The molecule has 8 nitrogen and oxygen atoms in total. The third-order valence-corrected chi connectivity index (χ3v) is 4.86. The van der Waals surface area contributed by atoms with Crippen LogP contribution in [-0.4, -0.2) is 30.4 Å². The fourth-order valence-electron chi connectivity index (χ4n) is 2.89. The van der Waals surface area contributed by atoms with Crippen molar-refractivity contribution in [2.75, 3.05) is 0 Å². The molecule has 4 rings (SSSR count). The molecular weight excluding hydrogens is 364 g/mol. The molecule has 0 radical (unpaired) electrons. The second kappa shape index (κ2) is 6.99. The smallest absolute Gasteiger partial charge is 0.251 e. The highest BCUT2D eigenvalue weighted by Crippen LogP contribution is 2.28. The molecule has 9 heteroatoms. The first-order valence-electron chi connectivity index (χ1n) is 8.39. The van der Waals surface area contributed by atoms with Crippen LogP contribution in [0.3, 0.4) is 0 Å². The Kier molecular flexibility index (Phi) is 4.53. The van der Waals surface area contributed by atoms with Crippen LogP contribution in [-0.2, 0) is 5.75 Å². The number of hydrogen-bond donors (Lipinski definition) is 0. The van der Waals surface area contributed by atoms with Gasteiger partial charge in [0.2, 0.25) is 11.0 Å². The fraction of sp³-hybridized carbons (Fsp3) is 0.278. The third-order valence-electron chi connectivity index (χ3n) is 3.95. The molecule has 0 bridgehead atoms. The highest BCUT2D eigenvalue weighted by atomic mass is 32.2. The van der Waals surface area contributed by atoms with Crippen LogP contribution in [0.4, 0.5) is 0 Å². The lowest BCUT2D eigenvalue weighted by atomic mass is 10.1. The van der Waals surface area contributed by atoms with Gasteiger partial charge in [-0.15, -0.1) is 15.3 Å². The van der Waals surface area contributed by atoms with E-state index < -0.39 is 0 Å². The Balaban J connectivity index is 1.52. The predicted octanol–water partition coefficient (Wildman–Crippen LogP) is 3.83. The highest BCUT2D eigenvalue weighted by Gasteiger charge is 2.16. The van der Waals surface area contributed by atoms with Crippen molar-refractivity contribution in [1.82, 2.24) is 30.4 Å². The molecule has 0 N–H and O–H groups in total. The molecule has 0 atom stereocenters. The Hall–Kier alpha value is -2.94. The molecule has 0 unspecified atom stereocenters. The number of benzene rings is 1. The number of thioether (sulfide) groups is 1. The van der Waals surface area contributed by atoms with Crippen molar-refractivity contribution >= 4 is 11.8 Å². The van der Waals surface area contributed by atoms with Crippen LogP contribution in [0.1, 0.15) is 28.5 Å². The fourth-order valence-corrected chi connectivity index (χ4v) is 3.62. The monoisotopic (exact) mass is 382 g/mol. The van der Waals surface area contributed by atoms with E-state index in [1.807, 2.05) is 45.9 Å². The molecule has 0 fully saturated rings. The zero-order valence-corrected chi connectivity index (χ0v) is 16.2. The molecular formula is C18H18N6O2S. The van der Waals surface area contributed by atoms with Crippen LogP contribution in [0.5, 0.6) is 0 Å². The van der Waals surface area contributed by atoms with Gasteiger partial charge in [0.05, 0.1) is 17.0 Å². The van der Waals surface area contributed by atoms with E-state index in [4.69, 9.17) is 8.83 Å². The van der Waals surface area contributed by atoms with E-state index in [1.165, 1.54) is 11.8 Å². The maximum Gasteiger partial charge on any atom is 0.251 e. The molecule has 0 amide bonds. The maximum absolute atomic E-state index is 5.77. The molecule has 1 aromatic carbocycles. The van der Waals surface area contributed by atoms with Gasteiger partial charge in [0.15, 0.2) is 0 Å². The van der Waals surface area contributed by atoms with Gasteiger partial charge in [0.1, 0.15) is 11.5 Å². The normalized spacial score (nSPS) is 11.3. The lowest BCUT2D eigenvalue weighted by Crippen LogP contribution is -2.00. The van der Waals surface area contributed by atoms with E-state index >= 15 is 0 Å². The van der Waals surface area contributed by atoms with Crippen LogP contribution >= 0.6 is 11.8 Å². The second-order valence-electron chi connectivity index (χ2n) is 6.34. The van der Waals surface area contributed by atoms with E-state index in [9.17, 15) is 0 Å². The Morgan fingerprint density at radius 2 is 1.70 bits per heavy atom. The summed E-state index contributed by atoms with van der Waals surface area (Å²) in [5.74, 6) is 2.99. The summed E-state index contributed by atoms with van der Waals surface area (Å²) in [6.45, 7) is 7.86. The van der Waals surface area contributed by atoms with Gasteiger partial charge >= 0.3 is 0 Å². The molecule has 4 aromatic rings. The van der Waals surface area contributed by atoms with E-state index in [-0.39, 0.29) is 0 Å². The molecule has 3 heterocycles. The predicted molar refractivity (Wildman–Crippen MR) is 99.7 cm³/mol. The average Bonchev–Trinajstić information content (AvgIpc) is 3.31. The number of rotatable bonds is 5. The van der Waals surface area contributed by atoms with Crippen molar-refractivity contribution in [3.8, 4) is 17.1 Å². The van der Waals surface area contributed by atoms with Gasteiger partial charge in [-0.3, -0.25) is 0 Å². The van der Waals surface area contributed by atoms with E-state index in [0.717, 1.165) is 33.9 Å². The molecule has 0 aliphatic rings. The first-order valence-corrected chi connectivity index (χ1v) is 9.38. The summed E-state index contributed by atoms with van der Waals surface area (Å²) in [6, 6.07) is 8.09. The maximum atomic E-state index is 5.77. The van der Waals surface area contributed by atoms with Gasteiger partial charge in [-0.2, -0.15) is 4.68 Å². The van der Waals surface area contributed by atoms with Gasteiger partial charge in [0.25, 0.3) is 5.89 Å². The second-order valence-corrected chi connectivity index (χ2v) is 7.28. The minimum absolute atomic E-state index is 0.453. The Labute approximate surface area is 160 Å². The SMILES string of the molecule is Cc1cc(C)cc(-n2nnnc2SCc2nnc(-c3cc(C)oc3C)o2)c1. The minimum atomic E-state index is 0.453. The summed E-state index contributed by atoms with van der Waals surface area (Å²) >= 11 is 1.44. The molecule has 3 aromatic heterocycles. The van der Waals surface area contributed by atoms with Crippen molar-refractivity contribution < 1.29 is 8.83 Å². The minimum Gasteiger partial charge on any atom is -0.466 e. The largest absolute Gasteiger partial charge is 0.466 e. The van der Waals surface area contributed by atoms with E-state index in [2.05, 4.69) is 31.8 Å². The van der Waals surface area contributed by atoms with Crippen molar-refractivity contribution in [2.45, 2.75) is 38.6 Å². The zero-order chi connectivity index (χ0) is 19.0. The molecule has 0 aliphatic heterocycles. The Bertz CT molecular complexity index is 1080. The Morgan fingerprint density at radius 1 is 0.926 bits per heavy atom. The van der Waals surface area contributed by atoms with Crippen molar-refractivity contribution in [1.29, 1.82) is 0 Å².